The molecule has 3 amide bonds. The molecular formula is C27H25ClF4N2O5. The van der Waals surface area contributed by atoms with E-state index in [2.05, 4.69) is 0 Å². The Bertz CT molecular complexity index is 1460. The highest BCUT2D eigenvalue weighted by Crippen LogP contribution is 2.37. The first-order valence-electron chi connectivity index (χ1n) is 12.4. The Hall–Kier alpha value is -3.60. The first-order chi connectivity index (χ1) is 18.5. The van der Waals surface area contributed by atoms with Crippen molar-refractivity contribution in [2.24, 2.45) is 0 Å². The number of carbonyl (C=O) groups excluding carboxylic acids is 2. The number of rotatable bonds is 10. The SMILES string of the molecule is CCCc1c(OCCCCCN2C(=O)CN(c3ccc(Cl)cc3F)C2=O)ccc2c(C(F)(F)F)cc(=O)oc12. The van der Waals surface area contributed by atoms with Gasteiger partial charge in [0.25, 0.3) is 5.91 Å². The van der Waals surface area contributed by atoms with Gasteiger partial charge in [0.1, 0.15) is 23.7 Å². The van der Waals surface area contributed by atoms with Crippen molar-refractivity contribution in [1.82, 2.24) is 4.90 Å². The highest BCUT2D eigenvalue weighted by Gasteiger charge is 2.37. The average molecular weight is 569 g/mol. The summed E-state index contributed by atoms with van der Waals surface area (Å²) >= 11 is 5.76. The zero-order valence-corrected chi connectivity index (χ0v) is 21.7. The third kappa shape index (κ3) is 6.19. The van der Waals surface area contributed by atoms with E-state index in [-0.39, 0.29) is 41.4 Å². The maximum atomic E-state index is 14.2. The molecule has 0 aliphatic carbocycles. The van der Waals surface area contributed by atoms with Crippen molar-refractivity contribution in [2.75, 3.05) is 24.6 Å². The van der Waals surface area contributed by atoms with Crippen LogP contribution in [0.3, 0.4) is 0 Å². The molecule has 0 bridgehead atoms. The van der Waals surface area contributed by atoms with Gasteiger partial charge >= 0.3 is 17.8 Å². The molecule has 2 aromatic carbocycles. The third-order valence-corrected chi connectivity index (χ3v) is 6.55. The summed E-state index contributed by atoms with van der Waals surface area (Å²) in [6.07, 6.45) is -2.19. The van der Waals surface area contributed by atoms with E-state index < -0.39 is 35.1 Å². The normalized spacial score (nSPS) is 14.1. The van der Waals surface area contributed by atoms with Crippen molar-refractivity contribution in [3.63, 3.8) is 0 Å². The molecule has 1 aliphatic rings. The number of ether oxygens (including phenoxy) is 1. The number of unbranched alkanes of at least 4 members (excludes halogenated alkanes) is 2. The van der Waals surface area contributed by atoms with E-state index in [1.807, 2.05) is 6.92 Å². The minimum Gasteiger partial charge on any atom is -0.493 e. The molecule has 2 heterocycles. The molecule has 1 fully saturated rings. The summed E-state index contributed by atoms with van der Waals surface area (Å²) in [6, 6.07) is 6.35. The summed E-state index contributed by atoms with van der Waals surface area (Å²) in [4.78, 5) is 39.0. The lowest BCUT2D eigenvalue weighted by molar-refractivity contribution is -0.136. The van der Waals surface area contributed by atoms with Gasteiger partial charge in [-0.05, 0) is 56.0 Å². The summed E-state index contributed by atoms with van der Waals surface area (Å²) in [5.74, 6) is -0.810. The van der Waals surface area contributed by atoms with Gasteiger partial charge in [-0.3, -0.25) is 14.6 Å². The molecule has 0 unspecified atom stereocenters. The second-order valence-corrected chi connectivity index (χ2v) is 9.50. The molecule has 0 saturated carbocycles. The van der Waals surface area contributed by atoms with Crippen molar-refractivity contribution in [1.29, 1.82) is 0 Å². The number of alkyl halides is 3. The standard InChI is InChI=1S/C27H25ClF4N2O5/c1-2-6-18-22(10-8-17-19(27(30,31)32)14-24(36)39-25(17)18)38-12-5-3-4-11-33-23(35)15-34(26(33)37)21-9-7-16(28)13-20(21)29/h7-10,13-14H,2-6,11-12,15H2,1H3. The lowest BCUT2D eigenvalue weighted by Gasteiger charge is -2.18. The molecule has 0 atom stereocenters. The zero-order valence-electron chi connectivity index (χ0n) is 20.9. The number of fused-ring (bicyclic) bond motifs is 1. The van der Waals surface area contributed by atoms with Crippen molar-refractivity contribution < 1.29 is 36.3 Å². The first-order valence-corrected chi connectivity index (χ1v) is 12.8. The van der Waals surface area contributed by atoms with Crippen LogP contribution in [0.15, 0.2) is 45.6 Å². The molecular weight excluding hydrogens is 544 g/mol. The van der Waals surface area contributed by atoms with Gasteiger partial charge in [-0.25, -0.2) is 14.0 Å². The molecule has 1 saturated heterocycles. The lowest BCUT2D eigenvalue weighted by Crippen LogP contribution is -2.34. The Kier molecular flexibility index (Phi) is 8.48. The van der Waals surface area contributed by atoms with E-state index in [0.29, 0.717) is 49.5 Å². The number of urea groups is 1. The number of anilines is 1. The van der Waals surface area contributed by atoms with Crippen molar-refractivity contribution >= 4 is 40.2 Å². The van der Waals surface area contributed by atoms with Crippen molar-refractivity contribution in [3.8, 4) is 5.75 Å². The molecule has 7 nitrogen and oxygen atoms in total. The molecule has 39 heavy (non-hydrogen) atoms. The van der Waals surface area contributed by atoms with Crippen LogP contribution in [-0.2, 0) is 17.4 Å². The summed E-state index contributed by atoms with van der Waals surface area (Å²) in [7, 11) is 0. The molecule has 1 aliphatic heterocycles. The van der Waals surface area contributed by atoms with Crippen LogP contribution in [0.1, 0.15) is 43.7 Å². The Labute approximate surface area is 225 Å². The fourth-order valence-electron chi connectivity index (χ4n) is 4.50. The zero-order chi connectivity index (χ0) is 28.3. The average Bonchev–Trinajstić information content (AvgIpc) is 3.14. The summed E-state index contributed by atoms with van der Waals surface area (Å²) < 4.78 is 65.6. The van der Waals surface area contributed by atoms with Gasteiger partial charge < -0.3 is 9.15 Å². The molecule has 0 radical (unpaired) electrons. The molecule has 4 rings (SSSR count). The minimum absolute atomic E-state index is 0.0230. The number of hydrogen-bond donors (Lipinski definition) is 0. The molecule has 0 N–H and O–H groups in total. The maximum Gasteiger partial charge on any atom is 0.417 e. The highest BCUT2D eigenvalue weighted by atomic mass is 35.5. The number of carbonyl (C=O) groups is 2. The van der Waals surface area contributed by atoms with Gasteiger partial charge in [0.05, 0.1) is 17.9 Å². The number of hydrogen-bond acceptors (Lipinski definition) is 5. The number of amides is 3. The Balaban J connectivity index is 1.35. The minimum atomic E-state index is -4.71. The number of halogens is 5. The first kappa shape index (κ1) is 28.4. The lowest BCUT2D eigenvalue weighted by atomic mass is 10.0. The summed E-state index contributed by atoms with van der Waals surface area (Å²) in [6.45, 7) is 1.94. The molecule has 12 heteroatoms. The van der Waals surface area contributed by atoms with Crippen LogP contribution >= 0.6 is 11.6 Å². The monoisotopic (exact) mass is 568 g/mol. The molecule has 1 aromatic heterocycles. The number of aryl methyl sites for hydroxylation is 1. The van der Waals surface area contributed by atoms with Crippen LogP contribution < -0.4 is 15.3 Å². The van der Waals surface area contributed by atoms with Crippen LogP contribution in [0.5, 0.6) is 5.75 Å². The van der Waals surface area contributed by atoms with E-state index in [4.69, 9.17) is 20.8 Å². The van der Waals surface area contributed by atoms with Crippen LogP contribution in [0, 0.1) is 5.82 Å². The third-order valence-electron chi connectivity index (χ3n) is 6.32. The largest absolute Gasteiger partial charge is 0.493 e. The van der Waals surface area contributed by atoms with Gasteiger partial charge in [0.15, 0.2) is 0 Å². The fraction of sp³-hybridized carbons (Fsp3) is 0.370. The van der Waals surface area contributed by atoms with E-state index in [1.54, 1.807) is 0 Å². The van der Waals surface area contributed by atoms with Gasteiger partial charge in [0, 0.05) is 28.6 Å². The van der Waals surface area contributed by atoms with Gasteiger partial charge in [-0.1, -0.05) is 24.9 Å². The predicted octanol–water partition coefficient (Wildman–Crippen LogP) is 6.57. The number of nitrogens with zero attached hydrogens (tertiary/aromatic N) is 2. The summed E-state index contributed by atoms with van der Waals surface area (Å²) in [5.41, 5.74) is -1.92. The number of imide groups is 1. The van der Waals surface area contributed by atoms with Crippen LogP contribution in [-0.4, -0.2) is 36.5 Å². The Morgan fingerprint density at radius 3 is 2.51 bits per heavy atom. The van der Waals surface area contributed by atoms with Crippen LogP contribution in [0.25, 0.3) is 11.0 Å². The topological polar surface area (TPSA) is 80.1 Å². The second-order valence-electron chi connectivity index (χ2n) is 9.06. The van der Waals surface area contributed by atoms with Crippen LogP contribution in [0.2, 0.25) is 5.02 Å². The van der Waals surface area contributed by atoms with Crippen LogP contribution in [0.4, 0.5) is 28.0 Å². The number of benzene rings is 2. The van der Waals surface area contributed by atoms with E-state index in [0.717, 1.165) is 15.9 Å². The van der Waals surface area contributed by atoms with E-state index in [9.17, 15) is 31.9 Å². The van der Waals surface area contributed by atoms with Crippen molar-refractivity contribution in [2.45, 2.75) is 45.2 Å². The Morgan fingerprint density at radius 1 is 1.05 bits per heavy atom. The molecule has 3 aromatic rings. The highest BCUT2D eigenvalue weighted by molar-refractivity contribution is 6.30. The quantitative estimate of drug-likeness (QED) is 0.120. The second kappa shape index (κ2) is 11.6. The Morgan fingerprint density at radius 2 is 1.82 bits per heavy atom. The molecule has 208 valence electrons. The van der Waals surface area contributed by atoms with Gasteiger partial charge in [-0.2, -0.15) is 13.2 Å². The van der Waals surface area contributed by atoms with Crippen molar-refractivity contribution in [3.05, 3.63) is 68.8 Å². The smallest absolute Gasteiger partial charge is 0.417 e. The molecule has 0 spiro atoms. The van der Waals surface area contributed by atoms with Gasteiger partial charge in [-0.15, -0.1) is 0 Å². The fourth-order valence-corrected chi connectivity index (χ4v) is 4.66. The summed E-state index contributed by atoms with van der Waals surface area (Å²) in [5, 5.41) is -0.0280. The van der Waals surface area contributed by atoms with Gasteiger partial charge in [0.2, 0.25) is 0 Å². The van der Waals surface area contributed by atoms with E-state index in [1.165, 1.54) is 24.3 Å². The maximum absolute atomic E-state index is 14.2. The van der Waals surface area contributed by atoms with E-state index >= 15 is 0 Å². The predicted molar refractivity (Wildman–Crippen MR) is 137 cm³/mol.